The van der Waals surface area contributed by atoms with Gasteiger partial charge in [-0.25, -0.2) is 9.59 Å². The van der Waals surface area contributed by atoms with Crippen molar-refractivity contribution in [2.45, 2.75) is 12.3 Å². The van der Waals surface area contributed by atoms with Crippen LogP contribution >= 0.6 is 0 Å². The zero-order valence-electron chi connectivity index (χ0n) is 19.0. The molecule has 2 amide bonds. The molecule has 1 aliphatic rings. The van der Waals surface area contributed by atoms with Gasteiger partial charge in [0, 0.05) is 18.2 Å². The Hall–Kier alpha value is -4.17. The molecule has 0 saturated heterocycles. The van der Waals surface area contributed by atoms with Crippen LogP contribution in [0.4, 0.5) is 10.5 Å². The number of fused-ring (bicyclic) bond motifs is 3. The molecule has 3 aromatic rings. The third-order valence-electron chi connectivity index (χ3n) is 5.73. The Labute approximate surface area is 202 Å². The van der Waals surface area contributed by atoms with Crippen LogP contribution in [0.3, 0.4) is 0 Å². The van der Waals surface area contributed by atoms with Crippen molar-refractivity contribution >= 4 is 23.7 Å². The Morgan fingerprint density at radius 1 is 0.857 bits per heavy atom. The number of benzene rings is 3. The van der Waals surface area contributed by atoms with Crippen molar-refractivity contribution in [3.8, 4) is 11.1 Å². The predicted octanol–water partition coefficient (Wildman–Crippen LogP) is 4.27. The van der Waals surface area contributed by atoms with Crippen molar-refractivity contribution in [3.05, 3.63) is 89.5 Å². The highest BCUT2D eigenvalue weighted by atomic mass is 16.5. The van der Waals surface area contributed by atoms with Gasteiger partial charge in [-0.05, 0) is 40.5 Å². The Kier molecular flexibility index (Phi) is 7.74. The number of carbonyl (C=O) groups is 3. The monoisotopic (exact) mass is 474 g/mol. The summed E-state index contributed by atoms with van der Waals surface area (Å²) in [5.41, 5.74) is 5.15. The molecule has 3 N–H and O–H groups in total. The zero-order valence-corrected chi connectivity index (χ0v) is 19.0. The van der Waals surface area contributed by atoms with Crippen molar-refractivity contribution in [2.75, 3.05) is 31.7 Å². The second kappa shape index (κ2) is 11.3. The van der Waals surface area contributed by atoms with E-state index in [-0.39, 0.29) is 50.2 Å². The molecule has 3 aromatic carbocycles. The molecule has 0 atom stereocenters. The standard InChI is InChI=1S/C27H26N2O6/c30-25(29-19-7-5-6-18(16-19)26(31)32)12-14-34-15-13-28-27(33)35-17-24-22-10-3-1-8-20(22)21-9-2-4-11-23(21)24/h1-11,16,24H,12-15,17H2,(H,28,33)(H,29,30)(H,31,32). The highest BCUT2D eigenvalue weighted by molar-refractivity contribution is 5.93. The summed E-state index contributed by atoms with van der Waals surface area (Å²) in [4.78, 5) is 35.1. The number of hydrogen-bond donors (Lipinski definition) is 3. The van der Waals surface area contributed by atoms with E-state index < -0.39 is 12.1 Å². The number of carbonyl (C=O) groups excluding carboxylic acids is 2. The normalized spacial score (nSPS) is 11.9. The van der Waals surface area contributed by atoms with Crippen molar-refractivity contribution in [1.82, 2.24) is 5.32 Å². The average Bonchev–Trinajstić information content (AvgIpc) is 3.18. The first-order valence-electron chi connectivity index (χ1n) is 11.3. The van der Waals surface area contributed by atoms with Crippen LogP contribution in [0.1, 0.15) is 33.8 Å². The minimum atomic E-state index is -1.06. The highest BCUT2D eigenvalue weighted by Gasteiger charge is 2.28. The van der Waals surface area contributed by atoms with E-state index in [0.717, 1.165) is 11.1 Å². The summed E-state index contributed by atoms with van der Waals surface area (Å²) in [5.74, 6) is -1.36. The van der Waals surface area contributed by atoms with Crippen molar-refractivity contribution < 1.29 is 29.0 Å². The second-order valence-corrected chi connectivity index (χ2v) is 8.05. The number of carboxylic acid groups (broad SMARTS) is 1. The molecule has 0 bridgehead atoms. The minimum Gasteiger partial charge on any atom is -0.478 e. The number of aromatic carboxylic acids is 1. The van der Waals surface area contributed by atoms with E-state index in [1.165, 1.54) is 23.3 Å². The molecule has 0 aromatic heterocycles. The summed E-state index contributed by atoms with van der Waals surface area (Å²) in [6.45, 7) is 0.881. The maximum atomic E-state index is 12.1. The Morgan fingerprint density at radius 3 is 2.23 bits per heavy atom. The predicted molar refractivity (Wildman–Crippen MR) is 131 cm³/mol. The van der Waals surface area contributed by atoms with Crippen LogP contribution < -0.4 is 10.6 Å². The lowest BCUT2D eigenvalue weighted by molar-refractivity contribution is -0.117. The first-order valence-corrected chi connectivity index (χ1v) is 11.3. The van der Waals surface area contributed by atoms with E-state index >= 15 is 0 Å². The molecule has 0 saturated carbocycles. The van der Waals surface area contributed by atoms with Crippen LogP contribution in [0.5, 0.6) is 0 Å². The van der Waals surface area contributed by atoms with Crippen molar-refractivity contribution in [3.63, 3.8) is 0 Å². The molecule has 0 heterocycles. The maximum absolute atomic E-state index is 12.1. The first kappa shape index (κ1) is 24.0. The number of alkyl carbamates (subject to hydrolysis) is 1. The molecule has 0 radical (unpaired) electrons. The summed E-state index contributed by atoms with van der Waals surface area (Å²) in [6, 6.07) is 22.3. The smallest absolute Gasteiger partial charge is 0.407 e. The lowest BCUT2D eigenvalue weighted by atomic mass is 9.98. The van der Waals surface area contributed by atoms with E-state index in [4.69, 9.17) is 14.6 Å². The Balaban J connectivity index is 1.13. The van der Waals surface area contributed by atoms with E-state index in [1.807, 2.05) is 24.3 Å². The van der Waals surface area contributed by atoms with Crippen LogP contribution in [-0.2, 0) is 14.3 Å². The molecule has 0 spiro atoms. The van der Waals surface area contributed by atoms with Gasteiger partial charge in [-0.15, -0.1) is 0 Å². The molecule has 0 fully saturated rings. The van der Waals surface area contributed by atoms with Crippen molar-refractivity contribution in [2.24, 2.45) is 0 Å². The van der Waals surface area contributed by atoms with Gasteiger partial charge in [0.2, 0.25) is 5.91 Å². The Morgan fingerprint density at radius 2 is 1.54 bits per heavy atom. The average molecular weight is 475 g/mol. The van der Waals surface area contributed by atoms with E-state index in [2.05, 4.69) is 34.9 Å². The fourth-order valence-corrected chi connectivity index (χ4v) is 4.10. The third-order valence-corrected chi connectivity index (χ3v) is 5.73. The highest BCUT2D eigenvalue weighted by Crippen LogP contribution is 2.44. The first-order chi connectivity index (χ1) is 17.0. The summed E-state index contributed by atoms with van der Waals surface area (Å²) >= 11 is 0. The molecule has 8 heteroatoms. The fraction of sp³-hybridized carbons (Fsp3) is 0.222. The van der Waals surface area contributed by atoms with Gasteiger partial charge in [-0.2, -0.15) is 0 Å². The molecule has 0 unspecified atom stereocenters. The van der Waals surface area contributed by atoms with Crippen LogP contribution in [0.25, 0.3) is 11.1 Å². The second-order valence-electron chi connectivity index (χ2n) is 8.05. The van der Waals surface area contributed by atoms with E-state index in [1.54, 1.807) is 12.1 Å². The Bertz CT molecular complexity index is 1180. The number of hydrogen-bond acceptors (Lipinski definition) is 5. The largest absolute Gasteiger partial charge is 0.478 e. The quantitative estimate of drug-likeness (QED) is 0.378. The molecule has 180 valence electrons. The number of anilines is 1. The lowest BCUT2D eigenvalue weighted by Crippen LogP contribution is -2.29. The van der Waals surface area contributed by atoms with E-state index in [9.17, 15) is 14.4 Å². The number of amides is 2. The lowest BCUT2D eigenvalue weighted by Gasteiger charge is -2.14. The van der Waals surface area contributed by atoms with Gasteiger partial charge in [0.15, 0.2) is 0 Å². The van der Waals surface area contributed by atoms with E-state index in [0.29, 0.717) is 5.69 Å². The third kappa shape index (κ3) is 6.04. The van der Waals surface area contributed by atoms with Gasteiger partial charge in [0.25, 0.3) is 0 Å². The SMILES string of the molecule is O=C(CCOCCNC(=O)OCC1c2ccccc2-c2ccccc21)Nc1cccc(C(=O)O)c1. The molecule has 1 aliphatic carbocycles. The zero-order chi connectivity index (χ0) is 24.6. The number of carboxylic acids is 1. The molecular formula is C27H26N2O6. The van der Waals surface area contributed by atoms with Gasteiger partial charge in [-0.3, -0.25) is 4.79 Å². The summed E-state index contributed by atoms with van der Waals surface area (Å²) < 4.78 is 10.9. The van der Waals surface area contributed by atoms with Crippen LogP contribution in [0.15, 0.2) is 72.8 Å². The van der Waals surface area contributed by atoms with Gasteiger partial charge in [0.05, 0.1) is 25.2 Å². The van der Waals surface area contributed by atoms with Crippen LogP contribution in [0.2, 0.25) is 0 Å². The van der Waals surface area contributed by atoms with Gasteiger partial charge >= 0.3 is 12.1 Å². The van der Waals surface area contributed by atoms with Crippen molar-refractivity contribution in [1.29, 1.82) is 0 Å². The van der Waals surface area contributed by atoms with Crippen LogP contribution in [0, 0.1) is 0 Å². The summed E-state index contributed by atoms with van der Waals surface area (Å²) in [5, 5.41) is 14.3. The molecule has 35 heavy (non-hydrogen) atoms. The fourth-order valence-electron chi connectivity index (χ4n) is 4.10. The number of rotatable bonds is 10. The number of ether oxygens (including phenoxy) is 2. The number of nitrogens with one attached hydrogen (secondary N) is 2. The molecular weight excluding hydrogens is 448 g/mol. The summed E-state index contributed by atoms with van der Waals surface area (Å²) in [7, 11) is 0. The van der Waals surface area contributed by atoms with Crippen LogP contribution in [-0.4, -0.2) is 49.4 Å². The minimum absolute atomic E-state index is 0.000829. The summed E-state index contributed by atoms with van der Waals surface area (Å²) in [6.07, 6.45) is -0.422. The molecule has 8 nitrogen and oxygen atoms in total. The van der Waals surface area contributed by atoms with Gasteiger partial charge in [0.1, 0.15) is 6.61 Å². The molecule has 4 rings (SSSR count). The maximum Gasteiger partial charge on any atom is 0.407 e. The van der Waals surface area contributed by atoms with Gasteiger partial charge in [-0.1, -0.05) is 54.6 Å². The topological polar surface area (TPSA) is 114 Å². The van der Waals surface area contributed by atoms with Gasteiger partial charge < -0.3 is 25.2 Å². The molecule has 0 aliphatic heterocycles.